The van der Waals surface area contributed by atoms with Gasteiger partial charge in [0, 0.05) is 6.04 Å². The number of para-hydroxylation sites is 1. The molecule has 4 rings (SSSR count). The van der Waals surface area contributed by atoms with Gasteiger partial charge in [-0.15, -0.1) is 0 Å². The summed E-state index contributed by atoms with van der Waals surface area (Å²) in [5, 5.41) is 0.786. The van der Waals surface area contributed by atoms with E-state index in [-0.39, 0.29) is 11.9 Å². The summed E-state index contributed by atoms with van der Waals surface area (Å²) < 4.78 is 5.32. The Morgan fingerprint density at radius 2 is 1.90 bits per heavy atom. The third-order valence-electron chi connectivity index (χ3n) is 5.61. The van der Waals surface area contributed by atoms with Crippen molar-refractivity contribution in [2.45, 2.75) is 38.6 Å². The fraction of sp³-hybridized carbons (Fsp3) is 0.333. The Morgan fingerprint density at radius 3 is 2.66 bits per heavy atom. The smallest absolute Gasteiger partial charge is 0.267 e. The van der Waals surface area contributed by atoms with E-state index in [2.05, 4.69) is 6.92 Å². The van der Waals surface area contributed by atoms with E-state index in [0.717, 1.165) is 41.4 Å². The number of carbonyl (C=O) groups excluding carboxylic acids is 1. The van der Waals surface area contributed by atoms with Crippen LogP contribution in [0.2, 0.25) is 0 Å². The standard InChI is InChI=1S/C24H26N2O2S/c1-17-9-6-7-14-21(17)26-23(27)22(16-18-10-8-13-20(15-18)28-2)29-24(26)25-19-11-4-3-5-12-19/h3-5,8,10-13,15-17,21H,6-7,9,14H2,1-2H3/b22-16-,25-24?/t17-,21-/m1/s1. The van der Waals surface area contributed by atoms with Gasteiger partial charge in [-0.25, -0.2) is 4.99 Å². The van der Waals surface area contributed by atoms with E-state index in [1.807, 2.05) is 65.6 Å². The summed E-state index contributed by atoms with van der Waals surface area (Å²) in [5.74, 6) is 1.32. The fourth-order valence-corrected chi connectivity index (χ4v) is 5.08. The Labute approximate surface area is 176 Å². The molecule has 2 aromatic carbocycles. The molecular weight excluding hydrogens is 380 g/mol. The van der Waals surface area contributed by atoms with Crippen LogP contribution in [-0.4, -0.2) is 29.1 Å². The van der Waals surface area contributed by atoms with Crippen molar-refractivity contribution in [3.05, 3.63) is 65.1 Å². The van der Waals surface area contributed by atoms with Crippen molar-refractivity contribution in [2.75, 3.05) is 7.11 Å². The number of aliphatic imine (C=N–C) groups is 1. The van der Waals surface area contributed by atoms with Crippen molar-refractivity contribution < 1.29 is 9.53 Å². The molecule has 150 valence electrons. The van der Waals surface area contributed by atoms with Gasteiger partial charge in [0.15, 0.2) is 5.17 Å². The number of rotatable bonds is 4. The van der Waals surface area contributed by atoms with E-state index in [1.54, 1.807) is 7.11 Å². The number of methoxy groups -OCH3 is 1. The van der Waals surface area contributed by atoms with Gasteiger partial charge >= 0.3 is 0 Å². The molecule has 0 bridgehead atoms. The minimum Gasteiger partial charge on any atom is -0.497 e. The lowest BCUT2D eigenvalue weighted by Gasteiger charge is -2.35. The molecule has 1 aliphatic carbocycles. The average Bonchev–Trinajstić information content (AvgIpc) is 3.04. The number of nitrogens with zero attached hydrogens (tertiary/aromatic N) is 2. The summed E-state index contributed by atoms with van der Waals surface area (Å²) in [5.41, 5.74) is 1.83. The summed E-state index contributed by atoms with van der Waals surface area (Å²) in [4.78, 5) is 20.9. The van der Waals surface area contributed by atoms with Crippen LogP contribution in [0.15, 0.2) is 64.5 Å². The Hall–Kier alpha value is -2.53. The van der Waals surface area contributed by atoms with Gasteiger partial charge in [0.2, 0.25) is 0 Å². The van der Waals surface area contributed by atoms with Crippen LogP contribution in [0.1, 0.15) is 38.2 Å². The molecule has 2 aliphatic rings. The molecule has 4 nitrogen and oxygen atoms in total. The van der Waals surface area contributed by atoms with E-state index in [1.165, 1.54) is 18.2 Å². The van der Waals surface area contributed by atoms with Crippen LogP contribution in [0.25, 0.3) is 6.08 Å². The van der Waals surface area contributed by atoms with Crippen LogP contribution in [-0.2, 0) is 4.79 Å². The van der Waals surface area contributed by atoms with E-state index in [9.17, 15) is 4.79 Å². The Balaban J connectivity index is 1.71. The van der Waals surface area contributed by atoms with Crippen LogP contribution < -0.4 is 4.74 Å². The molecule has 2 atom stereocenters. The van der Waals surface area contributed by atoms with Crippen molar-refractivity contribution >= 4 is 34.6 Å². The van der Waals surface area contributed by atoms with Gasteiger partial charge in [-0.05, 0) is 66.4 Å². The van der Waals surface area contributed by atoms with Crippen LogP contribution in [0, 0.1) is 5.92 Å². The molecule has 1 aliphatic heterocycles. The van der Waals surface area contributed by atoms with E-state index >= 15 is 0 Å². The Morgan fingerprint density at radius 1 is 1.10 bits per heavy atom. The first-order valence-corrected chi connectivity index (χ1v) is 11.0. The molecule has 0 aromatic heterocycles. The van der Waals surface area contributed by atoms with Gasteiger partial charge in [0.05, 0.1) is 17.7 Å². The highest BCUT2D eigenvalue weighted by Crippen LogP contribution is 2.40. The predicted octanol–water partition coefficient (Wildman–Crippen LogP) is 5.88. The molecule has 2 fully saturated rings. The largest absolute Gasteiger partial charge is 0.497 e. The zero-order valence-corrected chi connectivity index (χ0v) is 17.7. The predicted molar refractivity (Wildman–Crippen MR) is 120 cm³/mol. The minimum absolute atomic E-state index is 0.0613. The maximum atomic E-state index is 13.4. The number of thioether (sulfide) groups is 1. The van der Waals surface area contributed by atoms with Crippen LogP contribution in [0.5, 0.6) is 5.75 Å². The number of hydrogen-bond donors (Lipinski definition) is 0. The fourth-order valence-electron chi connectivity index (χ4n) is 4.03. The second-order valence-electron chi connectivity index (χ2n) is 7.62. The molecule has 1 amide bonds. The quantitative estimate of drug-likeness (QED) is 0.596. The van der Waals surface area contributed by atoms with Crippen LogP contribution >= 0.6 is 11.8 Å². The van der Waals surface area contributed by atoms with Crippen LogP contribution in [0.3, 0.4) is 0 Å². The van der Waals surface area contributed by atoms with Gasteiger partial charge in [-0.2, -0.15) is 0 Å². The summed E-state index contributed by atoms with van der Waals surface area (Å²) in [6.07, 6.45) is 6.55. The second-order valence-corrected chi connectivity index (χ2v) is 8.63. The van der Waals surface area contributed by atoms with Crippen molar-refractivity contribution in [1.82, 2.24) is 4.90 Å². The number of amides is 1. The SMILES string of the molecule is COc1cccc(/C=C2\SC(=Nc3ccccc3)N([C@@H]3CCCC[C@H]3C)C2=O)c1. The lowest BCUT2D eigenvalue weighted by Crippen LogP contribution is -2.44. The first-order valence-electron chi connectivity index (χ1n) is 10.2. The number of ether oxygens (including phenoxy) is 1. The summed E-state index contributed by atoms with van der Waals surface area (Å²) >= 11 is 1.47. The normalized spacial score (nSPS) is 25.0. The molecule has 2 aromatic rings. The number of hydrogen-bond acceptors (Lipinski definition) is 4. The second kappa shape index (κ2) is 8.87. The summed E-state index contributed by atoms with van der Waals surface area (Å²) in [6, 6.07) is 17.9. The monoisotopic (exact) mass is 406 g/mol. The lowest BCUT2D eigenvalue weighted by atomic mass is 9.85. The van der Waals surface area contributed by atoms with Gasteiger partial charge in [-0.3, -0.25) is 9.69 Å². The van der Waals surface area contributed by atoms with E-state index in [4.69, 9.17) is 9.73 Å². The molecule has 0 spiro atoms. The topological polar surface area (TPSA) is 41.9 Å². The molecule has 29 heavy (non-hydrogen) atoms. The first kappa shape index (κ1) is 19.8. The molecule has 1 saturated carbocycles. The highest BCUT2D eigenvalue weighted by atomic mass is 32.2. The minimum atomic E-state index is 0.0613. The number of benzene rings is 2. The first-order chi connectivity index (χ1) is 14.2. The number of carbonyl (C=O) groups is 1. The van der Waals surface area contributed by atoms with Gasteiger partial charge in [0.25, 0.3) is 5.91 Å². The van der Waals surface area contributed by atoms with Crippen LogP contribution in [0.4, 0.5) is 5.69 Å². The average molecular weight is 407 g/mol. The third kappa shape index (κ3) is 4.40. The van der Waals surface area contributed by atoms with Crippen molar-refractivity contribution in [3.8, 4) is 5.75 Å². The molecule has 0 N–H and O–H groups in total. The van der Waals surface area contributed by atoms with Crippen molar-refractivity contribution in [1.29, 1.82) is 0 Å². The van der Waals surface area contributed by atoms with Gasteiger partial charge < -0.3 is 4.74 Å². The molecule has 0 radical (unpaired) electrons. The van der Waals surface area contributed by atoms with Gasteiger partial charge in [-0.1, -0.05) is 50.1 Å². The highest BCUT2D eigenvalue weighted by molar-refractivity contribution is 8.18. The molecule has 1 saturated heterocycles. The third-order valence-corrected chi connectivity index (χ3v) is 6.59. The van der Waals surface area contributed by atoms with Crippen molar-refractivity contribution in [2.24, 2.45) is 10.9 Å². The molecular formula is C24H26N2O2S. The zero-order chi connectivity index (χ0) is 20.2. The summed E-state index contributed by atoms with van der Waals surface area (Å²) in [6.45, 7) is 2.26. The molecule has 5 heteroatoms. The Bertz CT molecular complexity index is 939. The van der Waals surface area contributed by atoms with E-state index in [0.29, 0.717) is 10.8 Å². The maximum Gasteiger partial charge on any atom is 0.267 e. The summed E-state index contributed by atoms with van der Waals surface area (Å²) in [7, 11) is 1.65. The van der Waals surface area contributed by atoms with Crippen molar-refractivity contribution in [3.63, 3.8) is 0 Å². The maximum absolute atomic E-state index is 13.4. The lowest BCUT2D eigenvalue weighted by molar-refractivity contribution is -0.124. The van der Waals surface area contributed by atoms with E-state index < -0.39 is 0 Å². The Kier molecular flexibility index (Phi) is 6.05. The molecule has 0 unspecified atom stereocenters. The number of amidine groups is 1. The highest BCUT2D eigenvalue weighted by Gasteiger charge is 2.41. The zero-order valence-electron chi connectivity index (χ0n) is 16.9. The molecule has 1 heterocycles. The van der Waals surface area contributed by atoms with Gasteiger partial charge in [0.1, 0.15) is 5.75 Å².